The lowest BCUT2D eigenvalue weighted by molar-refractivity contribution is 0.411. The second-order valence-corrected chi connectivity index (χ2v) is 4.05. The molecule has 0 saturated carbocycles. The zero-order valence-corrected chi connectivity index (χ0v) is 8.99. The van der Waals surface area contributed by atoms with Gasteiger partial charge in [-0.15, -0.1) is 0 Å². The van der Waals surface area contributed by atoms with E-state index in [0.717, 1.165) is 10.4 Å². The molecule has 3 rings (SSSR count). The molecule has 3 heteroatoms. The number of phenols is 1. The maximum absolute atomic E-state index is 10.0. The lowest BCUT2D eigenvalue weighted by Gasteiger charge is -2.09. The predicted octanol–water partition coefficient (Wildman–Crippen LogP) is 2.29. The Morgan fingerprint density at radius 2 is 2.44 bits per heavy atom. The van der Waals surface area contributed by atoms with Gasteiger partial charge in [-0.3, -0.25) is 0 Å². The number of benzene rings is 1. The molecule has 2 N–H and O–H groups in total. The fraction of sp³-hybridized carbons (Fsp3) is 0.385. The smallest absolute Gasteiger partial charge is 0.125 e. The van der Waals surface area contributed by atoms with Gasteiger partial charge in [-0.05, 0) is 37.7 Å². The highest BCUT2D eigenvalue weighted by molar-refractivity contribution is 5.89. The van der Waals surface area contributed by atoms with E-state index in [9.17, 15) is 5.11 Å². The van der Waals surface area contributed by atoms with Gasteiger partial charge in [-0.2, -0.15) is 0 Å². The van der Waals surface area contributed by atoms with Crippen molar-refractivity contribution in [2.75, 3.05) is 20.0 Å². The molecule has 1 unspecified atom stereocenters. The molecule has 0 bridgehead atoms. The number of aromatic hydroxyl groups is 1. The van der Waals surface area contributed by atoms with E-state index in [0.29, 0.717) is 10.9 Å². The number of nitrogens with zero attached hydrogens (tertiary/aromatic N) is 1. The molecule has 1 saturated heterocycles. The van der Waals surface area contributed by atoms with E-state index < -0.39 is 18.9 Å². The quantitative estimate of drug-likeness (QED) is 0.774. The Hall–Kier alpha value is -1.48. The van der Waals surface area contributed by atoms with Crippen molar-refractivity contribution in [1.82, 2.24) is 9.88 Å². The predicted molar refractivity (Wildman–Crippen MR) is 64.8 cm³/mol. The molecule has 2 heterocycles. The minimum absolute atomic E-state index is 0.0534. The molecule has 1 atom stereocenters. The van der Waals surface area contributed by atoms with E-state index in [-0.39, 0.29) is 12.2 Å². The van der Waals surface area contributed by atoms with E-state index in [1.807, 2.05) is 0 Å². The Balaban J connectivity index is 2.17. The Morgan fingerprint density at radius 1 is 1.56 bits per heavy atom. The van der Waals surface area contributed by atoms with Gasteiger partial charge in [-0.1, -0.05) is 6.07 Å². The van der Waals surface area contributed by atoms with Crippen molar-refractivity contribution in [3.63, 3.8) is 0 Å². The molecule has 1 fully saturated rings. The zero-order valence-electron chi connectivity index (χ0n) is 13.0. The zero-order chi connectivity index (χ0) is 14.7. The third-order valence-corrected chi connectivity index (χ3v) is 2.97. The molecule has 0 amide bonds. The first-order valence-corrected chi connectivity index (χ1v) is 5.28. The van der Waals surface area contributed by atoms with E-state index in [2.05, 4.69) is 4.98 Å². The highest BCUT2D eigenvalue weighted by Gasteiger charge is 2.24. The minimum atomic E-state index is -1.80. The van der Waals surface area contributed by atoms with Gasteiger partial charge in [0, 0.05) is 35.0 Å². The van der Waals surface area contributed by atoms with E-state index in [1.54, 1.807) is 24.4 Å². The summed E-state index contributed by atoms with van der Waals surface area (Å²) in [6.45, 7) is -3.51. The number of likely N-dealkylation sites (tertiary alicyclic amines) is 1. The van der Waals surface area contributed by atoms with Crippen LogP contribution in [0.1, 0.15) is 23.4 Å². The molecule has 2 aromatic rings. The summed E-state index contributed by atoms with van der Waals surface area (Å²) in [5, 5.41) is 10.6. The van der Waals surface area contributed by atoms with E-state index in [1.165, 1.54) is 7.05 Å². The third-order valence-electron chi connectivity index (χ3n) is 2.97. The van der Waals surface area contributed by atoms with Crippen LogP contribution in [-0.4, -0.2) is 35.0 Å². The van der Waals surface area contributed by atoms with Crippen LogP contribution in [0.15, 0.2) is 24.4 Å². The minimum Gasteiger partial charge on any atom is -0.507 e. The van der Waals surface area contributed by atoms with Crippen molar-refractivity contribution in [3.05, 3.63) is 30.0 Å². The first kappa shape index (κ1) is 6.30. The molecule has 1 aliphatic rings. The summed E-state index contributed by atoms with van der Waals surface area (Å²) >= 11 is 0. The molecule has 1 aliphatic heterocycles. The number of aromatic nitrogens is 1. The average molecular weight is 220 g/mol. The van der Waals surface area contributed by atoms with Crippen LogP contribution >= 0.6 is 0 Å². The van der Waals surface area contributed by atoms with Gasteiger partial charge in [0.15, 0.2) is 0 Å². The number of rotatable bonds is 1. The van der Waals surface area contributed by atoms with Gasteiger partial charge >= 0.3 is 0 Å². The monoisotopic (exact) mass is 220 g/mol. The van der Waals surface area contributed by atoms with Crippen LogP contribution in [0.25, 0.3) is 10.9 Å². The standard InChI is InChI=1S/C13H16N2O/c1-15-6-5-9(8-15)10-7-14-11-3-2-4-12(16)13(10)11/h2-4,7,9,14,16H,5-6,8H2,1H3/i6D2,8D2. The highest BCUT2D eigenvalue weighted by atomic mass is 16.3. The van der Waals surface area contributed by atoms with Crippen LogP contribution in [-0.2, 0) is 0 Å². The fourth-order valence-corrected chi connectivity index (χ4v) is 2.20. The molecule has 84 valence electrons. The number of H-pyrrole nitrogens is 1. The van der Waals surface area contributed by atoms with Crippen molar-refractivity contribution in [3.8, 4) is 5.75 Å². The lowest BCUT2D eigenvalue weighted by atomic mass is 9.97. The molecular formula is C13H16N2O. The average Bonchev–Trinajstić information content (AvgIpc) is 2.85. The van der Waals surface area contributed by atoms with E-state index >= 15 is 0 Å². The molecule has 0 aliphatic carbocycles. The summed E-state index contributed by atoms with van der Waals surface area (Å²) in [6, 6.07) is 5.08. The Kier molecular flexibility index (Phi) is 1.39. The van der Waals surface area contributed by atoms with Crippen LogP contribution in [0.2, 0.25) is 0 Å². The fourth-order valence-electron chi connectivity index (χ4n) is 2.20. The maximum Gasteiger partial charge on any atom is 0.125 e. The summed E-state index contributed by atoms with van der Waals surface area (Å²) in [5.74, 6) is -0.547. The van der Waals surface area contributed by atoms with Crippen molar-refractivity contribution in [2.45, 2.75) is 12.3 Å². The van der Waals surface area contributed by atoms with Gasteiger partial charge < -0.3 is 15.0 Å². The number of nitrogens with one attached hydrogen (secondary N) is 1. The van der Waals surface area contributed by atoms with Crippen LogP contribution in [0.4, 0.5) is 0 Å². The third kappa shape index (κ3) is 1.39. The Labute approximate surface area is 100 Å². The summed E-state index contributed by atoms with van der Waals surface area (Å²) in [7, 11) is 1.45. The number of aromatic amines is 1. The molecule has 3 nitrogen and oxygen atoms in total. The molecule has 1 aromatic carbocycles. The van der Waals surface area contributed by atoms with Crippen molar-refractivity contribution in [2.24, 2.45) is 0 Å². The normalized spacial score (nSPS) is 31.9. The second kappa shape index (κ2) is 3.52. The van der Waals surface area contributed by atoms with Crippen molar-refractivity contribution in [1.29, 1.82) is 0 Å². The lowest BCUT2D eigenvalue weighted by Crippen LogP contribution is -2.13. The van der Waals surface area contributed by atoms with Gasteiger partial charge in [-0.25, -0.2) is 0 Å². The molecule has 16 heavy (non-hydrogen) atoms. The first-order chi connectivity index (χ1) is 9.25. The second-order valence-electron chi connectivity index (χ2n) is 4.05. The molecular weight excluding hydrogens is 200 g/mol. The summed E-state index contributed by atoms with van der Waals surface area (Å²) in [4.78, 5) is 4.15. The van der Waals surface area contributed by atoms with Gasteiger partial charge in [0.1, 0.15) is 5.75 Å². The number of phenolic OH excluding ortho intramolecular Hbond substituents is 1. The van der Waals surface area contributed by atoms with Crippen LogP contribution in [0.5, 0.6) is 5.75 Å². The summed E-state index contributed by atoms with van der Waals surface area (Å²) in [6.07, 6.45) is 1.72. The molecule has 1 aromatic heterocycles. The molecule has 0 radical (unpaired) electrons. The first-order valence-electron chi connectivity index (χ1n) is 7.28. The number of fused-ring (bicyclic) bond motifs is 1. The van der Waals surface area contributed by atoms with Gasteiger partial charge in [0.2, 0.25) is 0 Å². The number of hydrogen-bond donors (Lipinski definition) is 2. The van der Waals surface area contributed by atoms with Crippen molar-refractivity contribution < 1.29 is 10.6 Å². The Morgan fingerprint density at radius 3 is 3.19 bits per heavy atom. The Bertz CT molecular complexity index is 667. The highest BCUT2D eigenvalue weighted by Crippen LogP contribution is 2.36. The molecule has 0 spiro atoms. The topological polar surface area (TPSA) is 39.3 Å². The SMILES string of the molecule is [2H]C1([2H])CC(c2c[nH]c3cccc(O)c23)C([2H])([2H])N1C. The van der Waals surface area contributed by atoms with Gasteiger partial charge in [0.05, 0.1) is 0 Å². The van der Waals surface area contributed by atoms with E-state index in [4.69, 9.17) is 5.48 Å². The number of hydrogen-bond acceptors (Lipinski definition) is 2. The largest absolute Gasteiger partial charge is 0.507 e. The van der Waals surface area contributed by atoms with Crippen LogP contribution < -0.4 is 0 Å². The number of likely N-dealkylation sites (N-methyl/N-ethyl adjacent to an activating group) is 1. The summed E-state index contributed by atoms with van der Waals surface area (Å²) in [5.41, 5.74) is 1.35. The van der Waals surface area contributed by atoms with Gasteiger partial charge in [0.25, 0.3) is 0 Å². The van der Waals surface area contributed by atoms with Crippen molar-refractivity contribution >= 4 is 10.9 Å². The van der Waals surface area contributed by atoms with Crippen LogP contribution in [0.3, 0.4) is 0 Å². The maximum atomic E-state index is 10.0. The van der Waals surface area contributed by atoms with Crippen LogP contribution in [0, 0.1) is 0 Å². The summed E-state index contributed by atoms with van der Waals surface area (Å²) < 4.78 is 32.2.